The van der Waals surface area contributed by atoms with Gasteiger partial charge >= 0.3 is 127 Å². The van der Waals surface area contributed by atoms with Crippen LogP contribution in [-0.2, 0) is 28.6 Å². The van der Waals surface area contributed by atoms with E-state index in [1.165, 1.54) is 48.7 Å². The molecule has 556 valence electrons. The van der Waals surface area contributed by atoms with Gasteiger partial charge in [0.15, 0.2) is 0 Å². The summed E-state index contributed by atoms with van der Waals surface area (Å²) in [5.74, 6) is -0.936. The third-order valence-electron chi connectivity index (χ3n) is 15.2. The number of carbonyl (C=O) groups excluding carboxylic acids is 9. The van der Waals surface area contributed by atoms with Crippen molar-refractivity contribution in [3.05, 3.63) is 70.8 Å². The molecule has 8 amide bonds. The van der Waals surface area contributed by atoms with Gasteiger partial charge in [0.25, 0.3) is 30.1 Å². The number of halogens is 1. The number of alkyl halides is 1. The molecule has 2 aromatic rings. The van der Waals surface area contributed by atoms with E-state index in [0.717, 1.165) is 52.4 Å². The zero-order valence-electron chi connectivity index (χ0n) is 63.3. The molecule has 29 nitrogen and oxygen atoms in total. The van der Waals surface area contributed by atoms with Crippen LogP contribution in [0.25, 0.3) is 0 Å². The number of carbonyl (C=O) groups is 9. The minimum Gasteiger partial charge on any atom is -1.00 e. The monoisotopic (exact) mass is 1520 g/mol. The number of hydrogen-bond acceptors (Lipinski definition) is 23. The van der Waals surface area contributed by atoms with Crippen LogP contribution in [0.3, 0.4) is 0 Å². The van der Waals surface area contributed by atoms with E-state index in [1.54, 1.807) is 68.1 Å². The molecule has 7 N–H and O–H groups in total. The third-order valence-corrected chi connectivity index (χ3v) is 15.5. The van der Waals surface area contributed by atoms with E-state index < -0.39 is 28.5 Å². The van der Waals surface area contributed by atoms with Crippen LogP contribution in [0.1, 0.15) is 145 Å². The third kappa shape index (κ3) is 37.6. The van der Waals surface area contributed by atoms with E-state index in [-0.39, 0.29) is 159 Å². The maximum absolute atomic E-state index is 12.9. The van der Waals surface area contributed by atoms with Crippen LogP contribution < -0.4 is 135 Å². The summed E-state index contributed by atoms with van der Waals surface area (Å²) in [7, 11) is 0. The van der Waals surface area contributed by atoms with E-state index >= 15 is 0 Å². The van der Waals surface area contributed by atoms with Gasteiger partial charge in [-0.3, -0.25) is 48.5 Å². The molecule has 0 atom stereocenters. The number of nitrogens with two attached hydrogens (primary N) is 2. The maximum Gasteiger partial charge on any atom is 1.00 e. The summed E-state index contributed by atoms with van der Waals surface area (Å²) in [4.78, 5) is 125. The Labute approximate surface area is 688 Å². The van der Waals surface area contributed by atoms with Crippen molar-refractivity contribution in [2.75, 3.05) is 182 Å². The molecule has 100 heavy (non-hydrogen) atoms. The van der Waals surface area contributed by atoms with Gasteiger partial charge in [-0.05, 0) is 133 Å². The number of nitrogens with zero attached hydrogens (tertiary/aromatic N) is 9. The van der Waals surface area contributed by atoms with Crippen molar-refractivity contribution in [1.82, 2.24) is 60.0 Å². The number of nitrogens with one attached hydrogen (secondary N) is 3. The van der Waals surface area contributed by atoms with Crippen LogP contribution in [0.2, 0.25) is 0 Å². The Morgan fingerprint density at radius 3 is 1.22 bits per heavy atom. The Balaban J connectivity index is 0.00000139. The largest absolute Gasteiger partial charge is 1.00 e. The Morgan fingerprint density at radius 2 is 0.860 bits per heavy atom. The number of amides is 8. The van der Waals surface area contributed by atoms with E-state index in [0.29, 0.717) is 126 Å². The number of piperazine rings is 3. The number of fused-ring (bicyclic) bond motifs is 2. The van der Waals surface area contributed by atoms with Gasteiger partial charge in [0, 0.05) is 169 Å². The van der Waals surface area contributed by atoms with Gasteiger partial charge in [-0.25, -0.2) is 19.2 Å². The van der Waals surface area contributed by atoms with Crippen molar-refractivity contribution in [3.63, 3.8) is 0 Å². The molecule has 0 spiro atoms. The van der Waals surface area contributed by atoms with Gasteiger partial charge in [-0.1, -0.05) is 46.6 Å². The second-order valence-corrected chi connectivity index (χ2v) is 28.6. The fourth-order valence-corrected chi connectivity index (χ4v) is 10.6. The summed E-state index contributed by atoms with van der Waals surface area (Å²) in [5.41, 5.74) is 10.8. The molecular formula is C68H115BrK2N14O15. The Kier molecular flexibility index (Phi) is 46.8. The average Bonchev–Trinajstić information content (AvgIpc) is 1.65. The van der Waals surface area contributed by atoms with E-state index in [9.17, 15) is 38.4 Å². The molecule has 0 saturated carbocycles. The second kappa shape index (κ2) is 49.5. The summed E-state index contributed by atoms with van der Waals surface area (Å²) < 4.78 is 21.9. The Bertz CT molecular complexity index is 2730. The van der Waals surface area contributed by atoms with Crippen LogP contribution in [0.15, 0.2) is 48.5 Å². The van der Waals surface area contributed by atoms with Crippen LogP contribution in [-0.4, -0.2) is 303 Å². The first-order valence-electron chi connectivity index (χ1n) is 34.1. The molecule has 0 bridgehead atoms. The number of ether oxygens (including phenoxy) is 4. The number of hydrogen-bond donors (Lipinski definition) is 5. The van der Waals surface area contributed by atoms with Crippen LogP contribution in [0.5, 0.6) is 0 Å². The first-order valence-corrected chi connectivity index (χ1v) is 35.2. The summed E-state index contributed by atoms with van der Waals surface area (Å²) >= 11 is 3.21. The zero-order valence-corrected chi connectivity index (χ0v) is 70.1. The molecule has 32 heteroatoms. The molecule has 5 aliphatic rings. The standard InChI is InChI=1S/C28H43N5O6.C18H36N4O4.C11H26N4.C10H8BrNO2.CH2O3.2K.H/c1-27(2,3)38-25(36)31(18-15-30-16-19-32(20-17-30)26(37)39-28(4,5)6)13-11-29-12-14-33-23(34)21-9-7-8-10-22(21)24(33)35;1-17(2,3)25-15(23)21(8-7-19)12-9-20-10-13-22(14-11-20)16(24)26-18(4,5)6;12-4-2-1-3-5-13-6-9-15-10-7-14-8-11-15;11-5-6-12-9(13)7-3-1-2-4-8(7)10(12)14;2-1-4-3;;;/h7-10,29H,11-20H2,1-6H3;7-14,19H2,1-6H3;13-14H,1-12H2;1-4H,5-6H2;1,3H;;;/q;;;;;2*+1;-1/p-1. The molecule has 3 saturated heterocycles. The molecule has 7 rings (SSSR count). The molecule has 2 aromatic carbocycles. The minimum absolute atomic E-state index is 0. The molecule has 0 unspecified atom stereocenters. The predicted molar refractivity (Wildman–Crippen MR) is 377 cm³/mol. The predicted octanol–water partition coefficient (Wildman–Crippen LogP) is -1.76. The van der Waals surface area contributed by atoms with Gasteiger partial charge in [0.1, 0.15) is 22.4 Å². The van der Waals surface area contributed by atoms with Crippen molar-refractivity contribution in [2.24, 2.45) is 11.5 Å². The van der Waals surface area contributed by atoms with Gasteiger partial charge in [-0.15, -0.1) is 0 Å². The SMILES string of the molecule is CC(C)(C)OC(=O)N(CCN)CCN1CCN(C(=O)OC(C)(C)C)CC1.CC(C)(C)OC(=O)N(CCNCCN1C(=O)c2ccccc2C1=O)CCN1CCN(C(=O)OC(C)(C)C)CC1.NCCCCCNCCN1CCNCC1.O=C1c2ccccc2C(=O)N1CCBr.O=CO[O-].[H-].[K+].[K+]. The Morgan fingerprint density at radius 1 is 0.500 bits per heavy atom. The summed E-state index contributed by atoms with van der Waals surface area (Å²) in [5, 5.41) is 19.1. The first kappa shape index (κ1) is 94.7. The molecule has 5 heterocycles. The molecular weight excluding hydrogens is 1410 g/mol. The summed E-state index contributed by atoms with van der Waals surface area (Å²) in [6.45, 7) is 41.5. The van der Waals surface area contributed by atoms with E-state index in [1.807, 2.05) is 83.1 Å². The van der Waals surface area contributed by atoms with Crippen molar-refractivity contribution < 1.29 is 176 Å². The zero-order chi connectivity index (χ0) is 73.1. The van der Waals surface area contributed by atoms with Gasteiger partial charge in [0.2, 0.25) is 0 Å². The molecule has 0 aliphatic carbocycles. The fourth-order valence-electron chi connectivity index (χ4n) is 10.2. The molecule has 3 fully saturated rings. The van der Waals surface area contributed by atoms with E-state index in [2.05, 4.69) is 51.5 Å². The van der Waals surface area contributed by atoms with Gasteiger partial charge in [0.05, 0.1) is 22.3 Å². The first-order chi connectivity index (χ1) is 46.3. The van der Waals surface area contributed by atoms with Crippen LogP contribution in [0.4, 0.5) is 19.2 Å². The second-order valence-electron chi connectivity index (χ2n) is 27.8. The molecule has 0 radical (unpaired) electrons. The normalized spacial score (nSPS) is 15.6. The van der Waals surface area contributed by atoms with Crippen molar-refractivity contribution >= 4 is 70.4 Å². The van der Waals surface area contributed by atoms with Crippen molar-refractivity contribution in [3.8, 4) is 0 Å². The fraction of sp³-hybridized carbons (Fsp3) is 0.691. The van der Waals surface area contributed by atoms with Crippen molar-refractivity contribution in [1.29, 1.82) is 0 Å². The quantitative estimate of drug-likeness (QED) is 0.0107. The number of imide groups is 2. The number of rotatable bonds is 25. The maximum atomic E-state index is 12.9. The Hall–Kier alpha value is -3.34. The minimum atomic E-state index is -0.618. The van der Waals surface area contributed by atoms with Crippen LogP contribution in [0, 0.1) is 0 Å². The summed E-state index contributed by atoms with van der Waals surface area (Å²) in [6.07, 6.45) is 2.39. The topological polar surface area (TPSA) is 340 Å². The number of benzene rings is 2. The molecule has 0 aromatic heterocycles. The number of unbranched alkanes of at least 4 members (excludes halogenated alkanes) is 2. The summed E-state index contributed by atoms with van der Waals surface area (Å²) in [6, 6.07) is 13.7. The average molecular weight is 1530 g/mol. The molecule has 5 aliphatic heterocycles. The smallest absolute Gasteiger partial charge is 1.00 e. The van der Waals surface area contributed by atoms with Crippen molar-refractivity contribution in [2.45, 2.75) is 125 Å². The van der Waals surface area contributed by atoms with E-state index in [4.69, 9.17) is 40.5 Å². The van der Waals surface area contributed by atoms with Gasteiger partial charge in [-0.2, -0.15) is 0 Å². The van der Waals surface area contributed by atoms with Gasteiger partial charge < -0.3 is 77.5 Å². The van der Waals surface area contributed by atoms with Crippen LogP contribution >= 0.6 is 15.9 Å².